The first-order valence-electron chi connectivity index (χ1n) is 6.87. The van der Waals surface area contributed by atoms with Gasteiger partial charge in [-0.2, -0.15) is 5.26 Å². The van der Waals surface area contributed by atoms with Crippen molar-refractivity contribution in [2.45, 2.75) is 26.3 Å². The molecule has 0 aromatic carbocycles. The maximum Gasteiger partial charge on any atom is 0.259 e. The lowest BCUT2D eigenvalue weighted by atomic mass is 10.0. The van der Waals surface area contributed by atoms with Crippen molar-refractivity contribution in [2.75, 3.05) is 11.9 Å². The number of aryl methyl sites for hydroxylation is 1. The Morgan fingerprint density at radius 1 is 1.62 bits per heavy atom. The van der Waals surface area contributed by atoms with E-state index >= 15 is 0 Å². The third-order valence-corrected chi connectivity index (χ3v) is 4.73. The molecule has 3 rings (SSSR count). The van der Waals surface area contributed by atoms with E-state index in [2.05, 4.69) is 16.7 Å². The molecule has 2 aromatic rings. The maximum atomic E-state index is 12.3. The molecule has 5 nitrogen and oxygen atoms in total. The van der Waals surface area contributed by atoms with Crippen LogP contribution in [0.15, 0.2) is 16.7 Å². The molecule has 21 heavy (non-hydrogen) atoms. The number of hydrogen-bond donors (Lipinski definition) is 2. The van der Waals surface area contributed by atoms with E-state index in [-0.39, 0.29) is 5.91 Å². The molecule has 0 saturated heterocycles. The Hall–Kier alpha value is -2.10. The normalized spacial score (nSPS) is 13.5. The predicted octanol–water partition coefficient (Wildman–Crippen LogP) is 2.67. The number of carbonyl (C=O) groups excluding carboxylic acids is 1. The van der Waals surface area contributed by atoms with E-state index < -0.39 is 0 Å². The van der Waals surface area contributed by atoms with Gasteiger partial charge in [0, 0.05) is 17.8 Å². The van der Waals surface area contributed by atoms with Crippen LogP contribution >= 0.6 is 11.3 Å². The van der Waals surface area contributed by atoms with Crippen LogP contribution in [0.1, 0.15) is 39.0 Å². The van der Waals surface area contributed by atoms with Crippen LogP contribution in [0.4, 0.5) is 5.00 Å². The number of hydrogen-bond acceptors (Lipinski definition) is 5. The fourth-order valence-electron chi connectivity index (χ4n) is 2.53. The highest BCUT2D eigenvalue weighted by molar-refractivity contribution is 7.16. The molecule has 2 aromatic heterocycles. The molecule has 0 spiro atoms. The molecule has 0 radical (unpaired) electrons. The van der Waals surface area contributed by atoms with Crippen molar-refractivity contribution in [3.63, 3.8) is 0 Å². The summed E-state index contributed by atoms with van der Waals surface area (Å²) >= 11 is 1.48. The summed E-state index contributed by atoms with van der Waals surface area (Å²) < 4.78 is 5.28. The Balaban J connectivity index is 1.90. The molecule has 108 valence electrons. The third-order valence-electron chi connectivity index (χ3n) is 3.58. The molecule has 1 aliphatic heterocycles. The molecule has 1 aliphatic rings. The summed E-state index contributed by atoms with van der Waals surface area (Å²) in [6, 6.07) is 3.89. The van der Waals surface area contributed by atoms with Crippen molar-refractivity contribution in [1.29, 1.82) is 5.26 Å². The van der Waals surface area contributed by atoms with E-state index in [1.54, 1.807) is 6.07 Å². The lowest BCUT2D eigenvalue weighted by molar-refractivity contribution is 0.102. The smallest absolute Gasteiger partial charge is 0.259 e. The molecule has 3 heterocycles. The van der Waals surface area contributed by atoms with Crippen LogP contribution in [0.3, 0.4) is 0 Å². The maximum absolute atomic E-state index is 12.3. The van der Waals surface area contributed by atoms with Crippen LogP contribution in [-0.2, 0) is 19.4 Å². The van der Waals surface area contributed by atoms with Crippen molar-refractivity contribution in [3.8, 4) is 6.07 Å². The van der Waals surface area contributed by atoms with Crippen molar-refractivity contribution in [3.05, 3.63) is 39.7 Å². The average molecular weight is 301 g/mol. The van der Waals surface area contributed by atoms with Crippen LogP contribution in [0.25, 0.3) is 0 Å². The quantitative estimate of drug-likeness (QED) is 0.913. The van der Waals surface area contributed by atoms with Gasteiger partial charge in [0.2, 0.25) is 0 Å². The van der Waals surface area contributed by atoms with Gasteiger partial charge in [0.05, 0.1) is 17.4 Å². The fraction of sp³-hybridized carbons (Fsp3) is 0.333. The van der Waals surface area contributed by atoms with E-state index in [0.717, 1.165) is 30.0 Å². The summed E-state index contributed by atoms with van der Waals surface area (Å²) in [4.78, 5) is 13.5. The first kappa shape index (κ1) is 13.9. The molecule has 0 fully saturated rings. The number of furan rings is 1. The summed E-state index contributed by atoms with van der Waals surface area (Å²) in [5, 5.41) is 16.2. The number of nitrogens with one attached hydrogen (secondary N) is 2. The summed E-state index contributed by atoms with van der Waals surface area (Å²) in [5.74, 6) is 0.442. The molecular weight excluding hydrogens is 286 g/mol. The van der Waals surface area contributed by atoms with Crippen LogP contribution in [-0.4, -0.2) is 12.5 Å². The predicted molar refractivity (Wildman–Crippen MR) is 80.5 cm³/mol. The molecule has 0 atom stereocenters. The van der Waals surface area contributed by atoms with Crippen LogP contribution < -0.4 is 10.6 Å². The zero-order valence-electron chi connectivity index (χ0n) is 11.7. The SMILES string of the molecule is CCc1occc1C(=O)Nc1sc2c(c1C#N)CCNC2. The number of rotatable bonds is 3. The number of carbonyl (C=O) groups is 1. The fourth-order valence-corrected chi connectivity index (χ4v) is 3.69. The average Bonchev–Trinajstić information content (AvgIpc) is 3.10. The van der Waals surface area contributed by atoms with Crippen LogP contribution in [0.5, 0.6) is 0 Å². The molecule has 0 saturated carbocycles. The lowest BCUT2D eigenvalue weighted by Crippen LogP contribution is -2.22. The van der Waals surface area contributed by atoms with Gasteiger partial charge in [0.1, 0.15) is 16.8 Å². The monoisotopic (exact) mass is 301 g/mol. The zero-order valence-corrected chi connectivity index (χ0v) is 12.5. The number of nitriles is 1. The highest BCUT2D eigenvalue weighted by Gasteiger charge is 2.23. The van der Waals surface area contributed by atoms with Crippen LogP contribution in [0, 0.1) is 11.3 Å². The van der Waals surface area contributed by atoms with E-state index in [1.807, 2.05) is 6.92 Å². The summed E-state index contributed by atoms with van der Waals surface area (Å²) in [5.41, 5.74) is 2.21. The van der Waals surface area contributed by atoms with Crippen LogP contribution in [0.2, 0.25) is 0 Å². The highest BCUT2D eigenvalue weighted by Crippen LogP contribution is 2.35. The second kappa shape index (κ2) is 5.72. The van der Waals surface area contributed by atoms with Crippen molar-refractivity contribution in [2.24, 2.45) is 0 Å². The Labute approximate surface area is 126 Å². The van der Waals surface area contributed by atoms with Gasteiger partial charge in [-0.1, -0.05) is 6.92 Å². The summed E-state index contributed by atoms with van der Waals surface area (Å²) in [6.45, 7) is 3.57. The molecule has 2 N–H and O–H groups in total. The lowest BCUT2D eigenvalue weighted by Gasteiger charge is -2.11. The van der Waals surface area contributed by atoms with Crippen molar-refractivity contribution >= 4 is 22.2 Å². The minimum Gasteiger partial charge on any atom is -0.469 e. The Kier molecular flexibility index (Phi) is 3.78. The van der Waals surface area contributed by atoms with Gasteiger partial charge in [-0.05, 0) is 24.6 Å². The van der Waals surface area contributed by atoms with E-state index in [4.69, 9.17) is 4.42 Å². The van der Waals surface area contributed by atoms with Gasteiger partial charge < -0.3 is 15.1 Å². The standard InChI is InChI=1S/C15H15N3O2S/c1-2-12-10(4-6-20-12)14(19)18-15-11(7-16)9-3-5-17-8-13(9)21-15/h4,6,17H,2-3,5,8H2,1H3,(H,18,19). The minimum absolute atomic E-state index is 0.219. The van der Waals surface area contributed by atoms with Gasteiger partial charge in [-0.15, -0.1) is 11.3 Å². The van der Waals surface area contributed by atoms with Gasteiger partial charge in [-0.25, -0.2) is 0 Å². The van der Waals surface area contributed by atoms with Gasteiger partial charge in [-0.3, -0.25) is 4.79 Å². The Morgan fingerprint density at radius 3 is 3.24 bits per heavy atom. The Bertz CT molecular complexity index is 724. The van der Waals surface area contributed by atoms with Gasteiger partial charge in [0.25, 0.3) is 5.91 Å². The topological polar surface area (TPSA) is 78.1 Å². The number of thiophene rings is 1. The molecule has 0 aliphatic carbocycles. The molecule has 0 unspecified atom stereocenters. The van der Waals surface area contributed by atoms with E-state index in [1.165, 1.54) is 17.6 Å². The van der Waals surface area contributed by atoms with Crippen molar-refractivity contribution in [1.82, 2.24) is 5.32 Å². The minimum atomic E-state index is -0.219. The largest absolute Gasteiger partial charge is 0.469 e. The first-order chi connectivity index (χ1) is 10.2. The highest BCUT2D eigenvalue weighted by atomic mass is 32.1. The first-order valence-corrected chi connectivity index (χ1v) is 7.69. The Morgan fingerprint density at radius 2 is 2.48 bits per heavy atom. The van der Waals surface area contributed by atoms with E-state index in [9.17, 15) is 10.1 Å². The van der Waals surface area contributed by atoms with Crippen molar-refractivity contribution < 1.29 is 9.21 Å². The number of fused-ring (bicyclic) bond motifs is 1. The third kappa shape index (κ3) is 2.46. The van der Waals surface area contributed by atoms with E-state index in [0.29, 0.717) is 28.3 Å². The summed E-state index contributed by atoms with van der Waals surface area (Å²) in [6.07, 6.45) is 3.00. The number of amides is 1. The molecule has 0 bridgehead atoms. The van der Waals surface area contributed by atoms with Gasteiger partial charge >= 0.3 is 0 Å². The number of anilines is 1. The van der Waals surface area contributed by atoms with Gasteiger partial charge in [0.15, 0.2) is 0 Å². The number of nitrogens with zero attached hydrogens (tertiary/aromatic N) is 1. The second-order valence-electron chi connectivity index (χ2n) is 4.81. The second-order valence-corrected chi connectivity index (χ2v) is 5.92. The zero-order chi connectivity index (χ0) is 14.8. The molecule has 1 amide bonds. The molecular formula is C15H15N3O2S. The summed E-state index contributed by atoms with van der Waals surface area (Å²) in [7, 11) is 0. The molecule has 6 heteroatoms.